The summed E-state index contributed by atoms with van der Waals surface area (Å²) >= 11 is 0. The van der Waals surface area contributed by atoms with Gasteiger partial charge in [-0.3, -0.25) is 4.79 Å². The van der Waals surface area contributed by atoms with Crippen LogP contribution in [0, 0.1) is 5.92 Å². The minimum Gasteiger partial charge on any atom is -0.368 e. The van der Waals surface area contributed by atoms with Gasteiger partial charge in [-0.2, -0.15) is 13.2 Å². The highest BCUT2D eigenvalue weighted by Gasteiger charge is 2.31. The molecule has 4 nitrogen and oxygen atoms in total. The maximum atomic E-state index is 12.8. The molecule has 7 heteroatoms. The number of amides is 1. The molecule has 1 aliphatic carbocycles. The second-order valence-corrected chi connectivity index (χ2v) is 6.49. The highest BCUT2D eigenvalue weighted by Crippen LogP contribution is 2.32. The van der Waals surface area contributed by atoms with Gasteiger partial charge in [-0.1, -0.05) is 6.07 Å². The van der Waals surface area contributed by atoms with Crippen LogP contribution in [0.25, 0.3) is 0 Å². The van der Waals surface area contributed by atoms with Crippen LogP contribution in [0.3, 0.4) is 0 Å². The summed E-state index contributed by atoms with van der Waals surface area (Å²) in [6.07, 6.45) is -1.84. The van der Waals surface area contributed by atoms with Crippen LogP contribution in [-0.2, 0) is 11.0 Å². The van der Waals surface area contributed by atoms with Crippen molar-refractivity contribution in [2.24, 2.45) is 5.92 Å². The predicted molar refractivity (Wildman–Crippen MR) is 85.8 cm³/mol. The number of halogens is 3. The summed E-state index contributed by atoms with van der Waals surface area (Å²) in [6, 6.07) is 5.37. The van der Waals surface area contributed by atoms with Gasteiger partial charge in [0, 0.05) is 31.9 Å². The van der Waals surface area contributed by atoms with E-state index in [2.05, 4.69) is 5.32 Å². The lowest BCUT2D eigenvalue weighted by Gasteiger charge is -2.36. The Bertz CT molecular complexity index is 579. The summed E-state index contributed by atoms with van der Waals surface area (Å²) in [5, 5.41) is 3.18. The molecule has 2 aliphatic rings. The molecule has 0 unspecified atom stereocenters. The fourth-order valence-electron chi connectivity index (χ4n) is 2.91. The van der Waals surface area contributed by atoms with Crippen LogP contribution in [0.2, 0.25) is 0 Å². The van der Waals surface area contributed by atoms with Crippen LogP contribution in [0.5, 0.6) is 0 Å². The molecule has 0 radical (unpaired) electrons. The lowest BCUT2D eigenvalue weighted by Crippen LogP contribution is -2.51. The van der Waals surface area contributed by atoms with Gasteiger partial charge in [0.1, 0.15) is 0 Å². The van der Waals surface area contributed by atoms with Crippen LogP contribution < -0.4 is 10.2 Å². The smallest absolute Gasteiger partial charge is 0.368 e. The van der Waals surface area contributed by atoms with Crippen molar-refractivity contribution >= 4 is 11.6 Å². The van der Waals surface area contributed by atoms with Gasteiger partial charge in [0.15, 0.2) is 0 Å². The molecule has 1 aromatic carbocycles. The molecule has 0 atom stereocenters. The summed E-state index contributed by atoms with van der Waals surface area (Å²) in [6.45, 7) is 3.43. The molecule has 0 aromatic heterocycles. The number of hydrogen-bond donors (Lipinski definition) is 1. The Morgan fingerprint density at radius 1 is 1.17 bits per heavy atom. The standard InChI is InChI=1S/C17H22F3N3O/c18-17(19,20)14-2-1-3-15(10-14)22-6-8-23(9-7-22)16(24)12-21-11-13-4-5-13/h1-3,10,13,21H,4-9,11-12H2. The molecule has 132 valence electrons. The lowest BCUT2D eigenvalue weighted by molar-refractivity contribution is -0.137. The average molecular weight is 341 g/mol. The Balaban J connectivity index is 1.50. The molecule has 1 aliphatic heterocycles. The first kappa shape index (κ1) is 17.1. The van der Waals surface area contributed by atoms with Gasteiger partial charge in [0.05, 0.1) is 12.1 Å². The van der Waals surface area contributed by atoms with E-state index in [0.717, 1.165) is 18.5 Å². The van der Waals surface area contributed by atoms with E-state index in [1.54, 1.807) is 11.0 Å². The molecule has 1 saturated carbocycles. The van der Waals surface area contributed by atoms with E-state index < -0.39 is 11.7 Å². The maximum absolute atomic E-state index is 12.8. The SMILES string of the molecule is O=C(CNCC1CC1)N1CCN(c2cccc(C(F)(F)F)c2)CC1. The molecule has 1 amide bonds. The van der Waals surface area contributed by atoms with Crippen LogP contribution in [0.4, 0.5) is 18.9 Å². The number of piperazine rings is 1. The van der Waals surface area contributed by atoms with Gasteiger partial charge in [0.25, 0.3) is 0 Å². The molecule has 0 spiro atoms. The third kappa shape index (κ3) is 4.41. The van der Waals surface area contributed by atoms with Crippen molar-refractivity contribution in [3.05, 3.63) is 29.8 Å². The number of nitrogens with one attached hydrogen (secondary N) is 1. The monoisotopic (exact) mass is 341 g/mol. The first-order valence-corrected chi connectivity index (χ1v) is 8.34. The molecule has 0 bridgehead atoms. The van der Waals surface area contributed by atoms with Crippen molar-refractivity contribution in [3.8, 4) is 0 Å². The minimum absolute atomic E-state index is 0.0688. The number of benzene rings is 1. The Hall–Kier alpha value is -1.76. The van der Waals surface area contributed by atoms with Crippen molar-refractivity contribution in [1.29, 1.82) is 0 Å². The summed E-state index contributed by atoms with van der Waals surface area (Å²) in [4.78, 5) is 15.8. The summed E-state index contributed by atoms with van der Waals surface area (Å²) < 4.78 is 38.4. The Morgan fingerprint density at radius 3 is 2.50 bits per heavy atom. The zero-order chi connectivity index (χ0) is 17.2. The molecule has 1 saturated heterocycles. The molecule has 2 fully saturated rings. The highest BCUT2D eigenvalue weighted by molar-refractivity contribution is 5.78. The molecule has 24 heavy (non-hydrogen) atoms. The Morgan fingerprint density at radius 2 is 1.88 bits per heavy atom. The number of nitrogens with zero attached hydrogens (tertiary/aromatic N) is 2. The summed E-state index contributed by atoms with van der Waals surface area (Å²) in [7, 11) is 0. The van der Waals surface area contributed by atoms with Gasteiger partial charge in [-0.25, -0.2) is 0 Å². The Labute approximate surface area is 139 Å². The fraction of sp³-hybridized carbons (Fsp3) is 0.588. The quantitative estimate of drug-likeness (QED) is 0.893. The summed E-state index contributed by atoms with van der Waals surface area (Å²) in [5.41, 5.74) is -0.0773. The van der Waals surface area contributed by atoms with Crippen molar-refractivity contribution < 1.29 is 18.0 Å². The molecular weight excluding hydrogens is 319 g/mol. The number of hydrogen-bond acceptors (Lipinski definition) is 3. The third-order valence-corrected chi connectivity index (χ3v) is 4.58. The van der Waals surface area contributed by atoms with Crippen molar-refractivity contribution in [2.45, 2.75) is 19.0 Å². The van der Waals surface area contributed by atoms with Crippen LogP contribution >= 0.6 is 0 Å². The van der Waals surface area contributed by atoms with Crippen molar-refractivity contribution in [3.63, 3.8) is 0 Å². The first-order valence-electron chi connectivity index (χ1n) is 8.34. The van der Waals surface area contributed by atoms with Crippen LogP contribution in [-0.4, -0.2) is 50.1 Å². The number of rotatable bonds is 5. The number of carbonyl (C=O) groups excluding carboxylic acids is 1. The topological polar surface area (TPSA) is 35.6 Å². The van der Waals surface area contributed by atoms with E-state index in [9.17, 15) is 18.0 Å². The number of carbonyl (C=O) groups is 1. The van der Waals surface area contributed by atoms with Gasteiger partial charge in [-0.15, -0.1) is 0 Å². The minimum atomic E-state index is -4.33. The molecule has 3 rings (SSSR count). The largest absolute Gasteiger partial charge is 0.416 e. The van der Waals surface area contributed by atoms with Crippen LogP contribution in [0.1, 0.15) is 18.4 Å². The van der Waals surface area contributed by atoms with Gasteiger partial charge in [0.2, 0.25) is 5.91 Å². The van der Waals surface area contributed by atoms with E-state index in [0.29, 0.717) is 38.4 Å². The van der Waals surface area contributed by atoms with E-state index in [-0.39, 0.29) is 5.91 Å². The third-order valence-electron chi connectivity index (χ3n) is 4.58. The van der Waals surface area contributed by atoms with Gasteiger partial charge in [-0.05, 0) is 43.5 Å². The highest BCUT2D eigenvalue weighted by atomic mass is 19.4. The second kappa shape index (κ2) is 7.01. The van der Waals surface area contributed by atoms with Gasteiger partial charge >= 0.3 is 6.18 Å². The molecular formula is C17H22F3N3O. The second-order valence-electron chi connectivity index (χ2n) is 6.49. The summed E-state index contributed by atoms with van der Waals surface area (Å²) in [5.74, 6) is 0.801. The lowest BCUT2D eigenvalue weighted by atomic mass is 10.1. The number of anilines is 1. The van der Waals surface area contributed by atoms with Crippen molar-refractivity contribution in [2.75, 3.05) is 44.2 Å². The average Bonchev–Trinajstić information content (AvgIpc) is 3.38. The van der Waals surface area contributed by atoms with E-state index in [1.807, 2.05) is 4.90 Å². The molecule has 1 heterocycles. The fourth-order valence-corrected chi connectivity index (χ4v) is 2.91. The molecule has 1 aromatic rings. The zero-order valence-electron chi connectivity index (χ0n) is 13.5. The first-order chi connectivity index (χ1) is 11.4. The maximum Gasteiger partial charge on any atom is 0.416 e. The molecule has 1 N–H and O–H groups in total. The van der Waals surface area contributed by atoms with Gasteiger partial charge < -0.3 is 15.1 Å². The zero-order valence-corrected chi connectivity index (χ0v) is 13.5. The Kier molecular flexibility index (Phi) is 4.99. The van der Waals surface area contributed by atoms with E-state index in [4.69, 9.17) is 0 Å². The van der Waals surface area contributed by atoms with E-state index >= 15 is 0 Å². The normalized spacial score (nSPS) is 18.8. The van der Waals surface area contributed by atoms with E-state index in [1.165, 1.54) is 25.0 Å². The number of alkyl halides is 3. The van der Waals surface area contributed by atoms with Crippen LogP contribution in [0.15, 0.2) is 24.3 Å². The predicted octanol–water partition coefficient (Wildman–Crippen LogP) is 2.35. The van der Waals surface area contributed by atoms with Crippen molar-refractivity contribution in [1.82, 2.24) is 10.2 Å².